The van der Waals surface area contributed by atoms with E-state index in [0.717, 1.165) is 6.42 Å². The summed E-state index contributed by atoms with van der Waals surface area (Å²) in [4.78, 5) is 0. The van der Waals surface area contributed by atoms with Crippen molar-refractivity contribution < 1.29 is 8.78 Å². The lowest BCUT2D eigenvalue weighted by atomic mass is 10.0. The standard InChI is InChI=1S/C12H16F2.C2H6/c1-3-10-5-7-11(8-6-10)9-12(13,14)4-2;1-2/h5-8H,3-4,9H2,1-2H3;1-2H3. The van der Waals surface area contributed by atoms with Crippen LogP contribution < -0.4 is 0 Å². The molecule has 0 amide bonds. The predicted octanol–water partition coefficient (Wildman–Crippen LogP) is 4.86. The van der Waals surface area contributed by atoms with Crippen molar-refractivity contribution in [3.63, 3.8) is 0 Å². The molecule has 0 spiro atoms. The summed E-state index contributed by atoms with van der Waals surface area (Å²) >= 11 is 0. The Morgan fingerprint density at radius 3 is 1.75 bits per heavy atom. The number of rotatable bonds is 4. The Labute approximate surface area is 97.7 Å². The Kier molecular flexibility index (Phi) is 6.95. The molecule has 0 radical (unpaired) electrons. The van der Waals surface area contributed by atoms with Crippen LogP contribution in [-0.4, -0.2) is 5.92 Å². The summed E-state index contributed by atoms with van der Waals surface area (Å²) in [7, 11) is 0. The average molecular weight is 228 g/mol. The Morgan fingerprint density at radius 1 is 0.938 bits per heavy atom. The number of hydrogen-bond donors (Lipinski definition) is 0. The van der Waals surface area contributed by atoms with E-state index in [1.165, 1.54) is 12.5 Å². The van der Waals surface area contributed by atoms with Gasteiger partial charge in [-0.1, -0.05) is 52.0 Å². The van der Waals surface area contributed by atoms with Crippen molar-refractivity contribution in [3.05, 3.63) is 35.4 Å². The molecule has 0 unspecified atom stereocenters. The van der Waals surface area contributed by atoms with Crippen LogP contribution in [0.4, 0.5) is 8.78 Å². The van der Waals surface area contributed by atoms with Crippen LogP contribution in [0.5, 0.6) is 0 Å². The Hall–Kier alpha value is -0.920. The van der Waals surface area contributed by atoms with E-state index in [9.17, 15) is 8.78 Å². The molecule has 0 aliphatic carbocycles. The van der Waals surface area contributed by atoms with E-state index in [1.54, 1.807) is 12.1 Å². The lowest BCUT2D eigenvalue weighted by molar-refractivity contribution is -0.00219. The first kappa shape index (κ1) is 15.1. The maximum atomic E-state index is 13.0. The van der Waals surface area contributed by atoms with E-state index >= 15 is 0 Å². The second-order valence-electron chi connectivity index (χ2n) is 3.56. The molecule has 0 saturated heterocycles. The zero-order valence-electron chi connectivity index (χ0n) is 10.7. The van der Waals surface area contributed by atoms with Gasteiger partial charge in [-0.05, 0) is 17.5 Å². The van der Waals surface area contributed by atoms with Crippen molar-refractivity contribution in [1.82, 2.24) is 0 Å². The van der Waals surface area contributed by atoms with Crippen LogP contribution in [0.2, 0.25) is 0 Å². The van der Waals surface area contributed by atoms with Gasteiger partial charge in [0.05, 0.1) is 0 Å². The van der Waals surface area contributed by atoms with Gasteiger partial charge in [-0.3, -0.25) is 0 Å². The van der Waals surface area contributed by atoms with Crippen molar-refractivity contribution in [2.45, 2.75) is 52.9 Å². The van der Waals surface area contributed by atoms with E-state index in [4.69, 9.17) is 0 Å². The smallest absolute Gasteiger partial charge is 0.207 e. The Morgan fingerprint density at radius 2 is 1.38 bits per heavy atom. The first-order valence-electron chi connectivity index (χ1n) is 6.03. The molecule has 0 saturated carbocycles. The monoisotopic (exact) mass is 228 g/mol. The topological polar surface area (TPSA) is 0 Å². The molecule has 1 rings (SSSR count). The third-order valence-electron chi connectivity index (χ3n) is 2.41. The predicted molar refractivity (Wildman–Crippen MR) is 66.1 cm³/mol. The fraction of sp³-hybridized carbons (Fsp3) is 0.571. The van der Waals surface area contributed by atoms with Crippen molar-refractivity contribution in [2.24, 2.45) is 0 Å². The van der Waals surface area contributed by atoms with Crippen molar-refractivity contribution >= 4 is 0 Å². The minimum absolute atomic E-state index is 0.0947. The molecule has 16 heavy (non-hydrogen) atoms. The minimum atomic E-state index is -2.56. The molecule has 0 aromatic heterocycles. The van der Waals surface area contributed by atoms with Crippen molar-refractivity contribution in [3.8, 4) is 0 Å². The highest BCUT2D eigenvalue weighted by molar-refractivity contribution is 5.23. The van der Waals surface area contributed by atoms with Gasteiger partial charge in [0.25, 0.3) is 5.92 Å². The van der Waals surface area contributed by atoms with E-state index in [1.807, 2.05) is 26.0 Å². The summed E-state index contributed by atoms with van der Waals surface area (Å²) in [6.07, 6.45) is 0.709. The fourth-order valence-corrected chi connectivity index (χ4v) is 1.32. The average Bonchev–Trinajstić information content (AvgIpc) is 2.32. The highest BCUT2D eigenvalue weighted by Crippen LogP contribution is 2.23. The summed E-state index contributed by atoms with van der Waals surface area (Å²) in [5.74, 6) is -2.56. The van der Waals surface area contributed by atoms with Crippen LogP contribution in [0.3, 0.4) is 0 Å². The van der Waals surface area contributed by atoms with Gasteiger partial charge in [-0.15, -0.1) is 0 Å². The van der Waals surface area contributed by atoms with Crippen LogP contribution in [-0.2, 0) is 12.8 Å². The maximum Gasteiger partial charge on any atom is 0.251 e. The van der Waals surface area contributed by atoms with E-state index in [-0.39, 0.29) is 12.8 Å². The van der Waals surface area contributed by atoms with Crippen molar-refractivity contribution in [2.75, 3.05) is 0 Å². The molecule has 2 heteroatoms. The summed E-state index contributed by atoms with van der Waals surface area (Å²) in [5, 5.41) is 0. The summed E-state index contributed by atoms with van der Waals surface area (Å²) in [5.41, 5.74) is 1.91. The van der Waals surface area contributed by atoms with Gasteiger partial charge in [-0.25, -0.2) is 8.78 Å². The van der Waals surface area contributed by atoms with Crippen LogP contribution in [0.25, 0.3) is 0 Å². The molecular formula is C14H22F2. The zero-order chi connectivity index (χ0) is 12.6. The molecule has 92 valence electrons. The van der Waals surface area contributed by atoms with E-state index < -0.39 is 5.92 Å². The van der Waals surface area contributed by atoms with Crippen LogP contribution >= 0.6 is 0 Å². The van der Waals surface area contributed by atoms with Crippen LogP contribution in [0, 0.1) is 0 Å². The van der Waals surface area contributed by atoms with Gasteiger partial charge in [-0.2, -0.15) is 0 Å². The molecule has 0 N–H and O–H groups in total. The lowest BCUT2D eigenvalue weighted by Crippen LogP contribution is -2.17. The van der Waals surface area contributed by atoms with Gasteiger partial charge in [0.2, 0.25) is 0 Å². The van der Waals surface area contributed by atoms with Gasteiger partial charge in [0, 0.05) is 12.8 Å². The second-order valence-corrected chi connectivity index (χ2v) is 3.56. The third-order valence-corrected chi connectivity index (χ3v) is 2.41. The second kappa shape index (κ2) is 7.37. The molecule has 0 aliphatic heterocycles. The van der Waals surface area contributed by atoms with Crippen molar-refractivity contribution in [1.29, 1.82) is 0 Å². The van der Waals surface area contributed by atoms with E-state index in [2.05, 4.69) is 6.92 Å². The largest absolute Gasteiger partial charge is 0.251 e. The third kappa shape index (κ3) is 5.24. The normalized spacial score (nSPS) is 10.6. The molecule has 1 aromatic rings. The summed E-state index contributed by atoms with van der Waals surface area (Å²) < 4.78 is 26.0. The van der Waals surface area contributed by atoms with Gasteiger partial charge in [0.15, 0.2) is 0 Å². The lowest BCUT2D eigenvalue weighted by Gasteiger charge is -2.13. The van der Waals surface area contributed by atoms with Gasteiger partial charge < -0.3 is 0 Å². The molecule has 0 fully saturated rings. The molecule has 1 aromatic carbocycles. The number of alkyl halides is 2. The quantitative estimate of drug-likeness (QED) is 0.690. The highest BCUT2D eigenvalue weighted by Gasteiger charge is 2.26. The molecule has 0 atom stereocenters. The Bertz CT molecular complexity index is 275. The Balaban J connectivity index is 0.00000106. The van der Waals surface area contributed by atoms with Crippen LogP contribution in [0.1, 0.15) is 45.2 Å². The molecular weight excluding hydrogens is 206 g/mol. The zero-order valence-corrected chi connectivity index (χ0v) is 10.7. The molecule has 0 nitrogen and oxygen atoms in total. The van der Waals surface area contributed by atoms with Gasteiger partial charge >= 0.3 is 0 Å². The number of halogens is 2. The van der Waals surface area contributed by atoms with Gasteiger partial charge in [0.1, 0.15) is 0 Å². The first-order chi connectivity index (χ1) is 7.57. The molecule has 0 heterocycles. The minimum Gasteiger partial charge on any atom is -0.207 e. The van der Waals surface area contributed by atoms with E-state index in [0.29, 0.717) is 5.56 Å². The fourth-order valence-electron chi connectivity index (χ4n) is 1.32. The number of benzene rings is 1. The SMILES string of the molecule is CC.CCc1ccc(CC(F)(F)CC)cc1. The summed E-state index contributed by atoms with van der Waals surface area (Å²) in [6.45, 7) is 7.57. The molecule has 0 aliphatic rings. The maximum absolute atomic E-state index is 13.0. The summed E-state index contributed by atoms with van der Waals surface area (Å²) in [6, 6.07) is 7.42. The number of hydrogen-bond acceptors (Lipinski definition) is 0. The van der Waals surface area contributed by atoms with Crippen LogP contribution in [0.15, 0.2) is 24.3 Å². The molecule has 0 bridgehead atoms. The first-order valence-corrected chi connectivity index (χ1v) is 6.03. The number of aryl methyl sites for hydroxylation is 1. The highest BCUT2D eigenvalue weighted by atomic mass is 19.3.